The van der Waals surface area contributed by atoms with Gasteiger partial charge in [0, 0.05) is 17.3 Å². The second kappa shape index (κ2) is 8.33. The third-order valence-electron chi connectivity index (χ3n) is 4.32. The summed E-state index contributed by atoms with van der Waals surface area (Å²) >= 11 is 0. The van der Waals surface area contributed by atoms with Gasteiger partial charge in [0.05, 0.1) is 0 Å². The molecule has 0 radical (unpaired) electrons. The second-order valence-electron chi connectivity index (χ2n) is 7.91. The summed E-state index contributed by atoms with van der Waals surface area (Å²) in [6.07, 6.45) is 0. The zero-order valence-corrected chi connectivity index (χ0v) is 16.5. The Kier molecular flexibility index (Phi) is 6.37. The van der Waals surface area contributed by atoms with Gasteiger partial charge in [-0.25, -0.2) is 4.39 Å². The molecule has 0 aliphatic carbocycles. The van der Waals surface area contributed by atoms with Crippen LogP contribution in [0.4, 0.5) is 10.1 Å². The number of hydrogen-bond donors (Lipinski definition) is 1. The molecular weight excluding hydrogens is 343 g/mol. The highest BCUT2D eigenvalue weighted by atomic mass is 19.1. The average Bonchev–Trinajstić information content (AvgIpc) is 2.60. The molecule has 4 nitrogen and oxygen atoms in total. The number of carbonyl (C=O) groups excluding carboxylic acids is 2. The number of halogens is 1. The Hall–Kier alpha value is -2.69. The predicted octanol–water partition coefficient (Wildman–Crippen LogP) is 4.61. The van der Waals surface area contributed by atoms with Crippen molar-refractivity contribution in [3.63, 3.8) is 0 Å². The second-order valence-corrected chi connectivity index (χ2v) is 7.91. The molecule has 2 aromatic carbocycles. The minimum atomic E-state index is -0.370. The van der Waals surface area contributed by atoms with Crippen molar-refractivity contribution >= 4 is 17.5 Å². The topological polar surface area (TPSA) is 49.4 Å². The van der Waals surface area contributed by atoms with Gasteiger partial charge < -0.3 is 10.2 Å². The first-order valence-electron chi connectivity index (χ1n) is 9.05. The molecule has 144 valence electrons. The van der Waals surface area contributed by atoms with Crippen molar-refractivity contribution in [2.75, 3.05) is 11.9 Å². The summed E-state index contributed by atoms with van der Waals surface area (Å²) in [6.45, 7) is 10.0. The molecule has 0 aromatic heterocycles. The molecule has 0 fully saturated rings. The minimum Gasteiger partial charge on any atom is -0.327 e. The van der Waals surface area contributed by atoms with Crippen LogP contribution in [0.5, 0.6) is 0 Å². The number of rotatable bonds is 5. The normalized spacial score (nSPS) is 11.4. The number of nitrogens with zero attached hydrogens (tertiary/aromatic N) is 1. The molecule has 2 aromatic rings. The van der Waals surface area contributed by atoms with E-state index in [2.05, 4.69) is 26.1 Å². The van der Waals surface area contributed by atoms with Crippen LogP contribution in [-0.4, -0.2) is 29.3 Å². The Labute approximate surface area is 160 Å². The maximum atomic E-state index is 13.0. The molecule has 0 saturated carbocycles. The monoisotopic (exact) mass is 370 g/mol. The maximum absolute atomic E-state index is 13.0. The van der Waals surface area contributed by atoms with Crippen LogP contribution >= 0.6 is 0 Å². The zero-order valence-electron chi connectivity index (χ0n) is 16.5. The smallest absolute Gasteiger partial charge is 0.254 e. The third kappa shape index (κ3) is 5.64. The van der Waals surface area contributed by atoms with Crippen molar-refractivity contribution in [3.8, 4) is 0 Å². The van der Waals surface area contributed by atoms with E-state index >= 15 is 0 Å². The zero-order chi connectivity index (χ0) is 20.2. The molecular formula is C22H27FN2O2. The summed E-state index contributed by atoms with van der Waals surface area (Å²) in [6, 6.07) is 12.9. The summed E-state index contributed by atoms with van der Waals surface area (Å²) in [5.41, 5.74) is 2.19. The Morgan fingerprint density at radius 1 is 1.00 bits per heavy atom. The first-order valence-corrected chi connectivity index (χ1v) is 9.05. The standard InChI is InChI=1S/C22H27FN2O2/c1-15(2)25(14-20(26)24-19-12-10-18(23)11-13-19)21(27)16-6-8-17(9-7-16)22(3,4)5/h6-13,15H,14H2,1-5H3,(H,24,26). The lowest BCUT2D eigenvalue weighted by molar-refractivity contribution is -0.117. The van der Waals surface area contributed by atoms with Crippen LogP contribution in [0.25, 0.3) is 0 Å². The van der Waals surface area contributed by atoms with Crippen LogP contribution in [0.15, 0.2) is 48.5 Å². The molecule has 5 heteroatoms. The molecule has 2 amide bonds. The fourth-order valence-electron chi connectivity index (χ4n) is 2.66. The Morgan fingerprint density at radius 2 is 1.56 bits per heavy atom. The number of carbonyl (C=O) groups is 2. The number of anilines is 1. The molecule has 0 heterocycles. The summed E-state index contributed by atoms with van der Waals surface area (Å²) < 4.78 is 13.0. The minimum absolute atomic E-state index is 0.00829. The first-order chi connectivity index (χ1) is 12.6. The van der Waals surface area contributed by atoms with Gasteiger partial charge in [-0.1, -0.05) is 32.9 Å². The first kappa shape index (κ1) is 20.6. The van der Waals surface area contributed by atoms with Crippen LogP contribution < -0.4 is 5.32 Å². The summed E-state index contributed by atoms with van der Waals surface area (Å²) in [5, 5.41) is 2.69. The van der Waals surface area contributed by atoms with Crippen molar-refractivity contribution in [2.24, 2.45) is 0 Å². The molecule has 1 N–H and O–H groups in total. The van der Waals surface area contributed by atoms with Crippen molar-refractivity contribution in [2.45, 2.75) is 46.1 Å². The molecule has 0 unspecified atom stereocenters. The van der Waals surface area contributed by atoms with Gasteiger partial charge in [-0.2, -0.15) is 0 Å². The van der Waals surface area contributed by atoms with Crippen LogP contribution in [0, 0.1) is 5.82 Å². The molecule has 0 atom stereocenters. The van der Waals surface area contributed by atoms with Crippen molar-refractivity contribution in [3.05, 3.63) is 65.5 Å². The van der Waals surface area contributed by atoms with Crippen molar-refractivity contribution in [1.82, 2.24) is 4.90 Å². The van der Waals surface area contributed by atoms with Gasteiger partial charge in [0.15, 0.2) is 0 Å². The van der Waals surface area contributed by atoms with E-state index in [-0.39, 0.29) is 35.6 Å². The molecule has 2 rings (SSSR count). The maximum Gasteiger partial charge on any atom is 0.254 e. The average molecular weight is 370 g/mol. The van der Waals surface area contributed by atoms with E-state index in [1.807, 2.05) is 26.0 Å². The SMILES string of the molecule is CC(C)N(CC(=O)Nc1ccc(F)cc1)C(=O)c1ccc(C(C)(C)C)cc1. The van der Waals surface area contributed by atoms with E-state index < -0.39 is 0 Å². The quantitative estimate of drug-likeness (QED) is 0.835. The Bertz CT molecular complexity index is 791. The van der Waals surface area contributed by atoms with Crippen LogP contribution in [0.1, 0.15) is 50.5 Å². The fraction of sp³-hybridized carbons (Fsp3) is 0.364. The van der Waals surface area contributed by atoms with E-state index in [1.54, 1.807) is 12.1 Å². The van der Waals surface area contributed by atoms with Crippen molar-refractivity contribution < 1.29 is 14.0 Å². The number of amides is 2. The third-order valence-corrected chi connectivity index (χ3v) is 4.32. The largest absolute Gasteiger partial charge is 0.327 e. The van der Waals surface area contributed by atoms with E-state index in [1.165, 1.54) is 29.2 Å². The summed E-state index contributed by atoms with van der Waals surface area (Å²) in [4.78, 5) is 26.7. The van der Waals surface area contributed by atoms with Gasteiger partial charge in [0.2, 0.25) is 5.91 Å². The molecule has 0 aliphatic heterocycles. The predicted molar refractivity (Wildman–Crippen MR) is 106 cm³/mol. The van der Waals surface area contributed by atoms with Crippen molar-refractivity contribution in [1.29, 1.82) is 0 Å². The van der Waals surface area contributed by atoms with Crippen LogP contribution in [-0.2, 0) is 10.2 Å². The van der Waals surface area contributed by atoms with E-state index in [0.29, 0.717) is 11.3 Å². The van der Waals surface area contributed by atoms with Gasteiger partial charge >= 0.3 is 0 Å². The van der Waals surface area contributed by atoms with Gasteiger partial charge in [-0.3, -0.25) is 9.59 Å². The van der Waals surface area contributed by atoms with Gasteiger partial charge in [0.1, 0.15) is 12.4 Å². The van der Waals surface area contributed by atoms with Gasteiger partial charge in [-0.05, 0) is 61.2 Å². The fourth-order valence-corrected chi connectivity index (χ4v) is 2.66. The van der Waals surface area contributed by atoms with Gasteiger partial charge in [0.25, 0.3) is 5.91 Å². The molecule has 0 spiro atoms. The lowest BCUT2D eigenvalue weighted by Gasteiger charge is -2.27. The molecule has 27 heavy (non-hydrogen) atoms. The molecule has 0 bridgehead atoms. The lowest BCUT2D eigenvalue weighted by Crippen LogP contribution is -2.42. The van der Waals surface area contributed by atoms with E-state index in [9.17, 15) is 14.0 Å². The van der Waals surface area contributed by atoms with E-state index in [4.69, 9.17) is 0 Å². The number of hydrogen-bond acceptors (Lipinski definition) is 2. The summed E-state index contributed by atoms with van der Waals surface area (Å²) in [7, 11) is 0. The van der Waals surface area contributed by atoms with Crippen LogP contribution in [0.3, 0.4) is 0 Å². The van der Waals surface area contributed by atoms with Gasteiger partial charge in [-0.15, -0.1) is 0 Å². The molecule has 0 aliphatic rings. The highest BCUT2D eigenvalue weighted by molar-refractivity contribution is 5.99. The highest BCUT2D eigenvalue weighted by Gasteiger charge is 2.22. The van der Waals surface area contributed by atoms with E-state index in [0.717, 1.165) is 5.56 Å². The highest BCUT2D eigenvalue weighted by Crippen LogP contribution is 2.22. The lowest BCUT2D eigenvalue weighted by atomic mass is 9.86. The number of nitrogens with one attached hydrogen (secondary N) is 1. The van der Waals surface area contributed by atoms with Crippen LogP contribution in [0.2, 0.25) is 0 Å². The number of benzene rings is 2. The Morgan fingerprint density at radius 3 is 2.04 bits per heavy atom. The summed E-state index contributed by atoms with van der Waals surface area (Å²) in [5.74, 6) is -0.889. The molecule has 0 saturated heterocycles. The Balaban J connectivity index is 2.10.